The first-order valence-corrected chi connectivity index (χ1v) is 7.61. The highest BCUT2D eigenvalue weighted by atomic mass is 16.2. The zero-order valence-corrected chi connectivity index (χ0v) is 13.7. The summed E-state index contributed by atoms with van der Waals surface area (Å²) in [5.74, 6) is -0.00583. The average Bonchev–Trinajstić information content (AvgIpc) is 2.53. The first-order chi connectivity index (χ1) is 11.9. The Morgan fingerprint density at radius 2 is 1.76 bits per heavy atom. The number of hydrogen-bond acceptors (Lipinski definition) is 4. The quantitative estimate of drug-likeness (QED) is 0.680. The fourth-order valence-electron chi connectivity index (χ4n) is 2.46. The molecular weight excluding hydrogens is 320 g/mol. The van der Waals surface area contributed by atoms with Crippen molar-refractivity contribution in [3.8, 4) is 11.4 Å². The minimum absolute atomic E-state index is 0.178. The number of carbonyl (C=O) groups is 1. The number of carbonyl (C=O) groups excluding carboxylic acids is 1. The summed E-state index contributed by atoms with van der Waals surface area (Å²) in [6, 6.07) is 11.3. The van der Waals surface area contributed by atoms with Gasteiger partial charge in [0, 0.05) is 29.1 Å². The van der Waals surface area contributed by atoms with Gasteiger partial charge in [0.15, 0.2) is 0 Å². The molecule has 2 heterocycles. The number of benzene rings is 1. The molecule has 3 rings (SSSR count). The van der Waals surface area contributed by atoms with Gasteiger partial charge >= 0.3 is 0 Å². The summed E-state index contributed by atoms with van der Waals surface area (Å²) < 4.78 is 0. The maximum Gasteiger partial charge on any atom is 0.272 e. The van der Waals surface area contributed by atoms with Crippen molar-refractivity contribution >= 4 is 11.6 Å². The highest BCUT2D eigenvalue weighted by Gasteiger charge is 2.09. The van der Waals surface area contributed by atoms with E-state index in [1.807, 2.05) is 0 Å². The van der Waals surface area contributed by atoms with Crippen molar-refractivity contribution in [1.82, 2.24) is 15.0 Å². The van der Waals surface area contributed by atoms with Crippen LogP contribution in [0.4, 0.5) is 5.69 Å². The number of aromatic amines is 2. The molecule has 3 aromatic rings. The molecule has 0 atom stereocenters. The summed E-state index contributed by atoms with van der Waals surface area (Å²) >= 11 is 0. The van der Waals surface area contributed by atoms with Gasteiger partial charge in [0.1, 0.15) is 11.5 Å². The molecule has 0 fully saturated rings. The molecule has 0 saturated heterocycles. The monoisotopic (exact) mass is 336 g/mol. The lowest BCUT2D eigenvalue weighted by Gasteiger charge is -2.08. The van der Waals surface area contributed by atoms with Crippen LogP contribution in [0.3, 0.4) is 0 Å². The zero-order valence-electron chi connectivity index (χ0n) is 13.7. The number of rotatable bonds is 3. The van der Waals surface area contributed by atoms with Crippen LogP contribution >= 0.6 is 0 Å². The largest absolute Gasteiger partial charge is 0.321 e. The minimum atomic E-state index is -0.427. The van der Waals surface area contributed by atoms with E-state index >= 15 is 0 Å². The molecular formula is C18H16N4O3. The molecule has 0 radical (unpaired) electrons. The summed E-state index contributed by atoms with van der Waals surface area (Å²) in [4.78, 5) is 44.9. The number of nitrogens with one attached hydrogen (secondary N) is 3. The van der Waals surface area contributed by atoms with Gasteiger partial charge in [-0.2, -0.15) is 0 Å². The Hall–Kier alpha value is -3.48. The van der Waals surface area contributed by atoms with Gasteiger partial charge in [0.05, 0.1) is 0 Å². The van der Waals surface area contributed by atoms with Gasteiger partial charge in [-0.15, -0.1) is 0 Å². The molecule has 0 spiro atoms. The summed E-state index contributed by atoms with van der Waals surface area (Å²) in [5.41, 5.74) is 2.09. The average molecular weight is 336 g/mol. The molecule has 0 bridgehead atoms. The third kappa shape index (κ3) is 3.89. The van der Waals surface area contributed by atoms with E-state index in [0.717, 1.165) is 0 Å². The van der Waals surface area contributed by atoms with Gasteiger partial charge in [0.2, 0.25) is 5.56 Å². The molecule has 1 amide bonds. The Kier molecular flexibility index (Phi) is 4.30. The fraction of sp³-hybridized carbons (Fsp3) is 0.111. The van der Waals surface area contributed by atoms with Crippen LogP contribution in [0, 0.1) is 13.8 Å². The number of amides is 1. The summed E-state index contributed by atoms with van der Waals surface area (Å²) in [6.07, 6.45) is 0. The van der Waals surface area contributed by atoms with Gasteiger partial charge in [-0.25, -0.2) is 4.98 Å². The number of aromatic nitrogens is 3. The van der Waals surface area contributed by atoms with Gasteiger partial charge in [-0.3, -0.25) is 14.4 Å². The lowest BCUT2D eigenvalue weighted by molar-refractivity contribution is 0.102. The molecule has 126 valence electrons. The molecule has 0 unspecified atom stereocenters. The van der Waals surface area contributed by atoms with Crippen molar-refractivity contribution in [3.63, 3.8) is 0 Å². The molecule has 0 aliphatic rings. The molecule has 7 heteroatoms. The Morgan fingerprint density at radius 1 is 1.00 bits per heavy atom. The first-order valence-electron chi connectivity index (χ1n) is 7.61. The van der Waals surface area contributed by atoms with E-state index in [2.05, 4.69) is 20.3 Å². The Bertz CT molecular complexity index is 1070. The zero-order chi connectivity index (χ0) is 18.0. The first kappa shape index (κ1) is 16.4. The van der Waals surface area contributed by atoms with E-state index in [4.69, 9.17) is 0 Å². The van der Waals surface area contributed by atoms with Gasteiger partial charge < -0.3 is 15.3 Å². The molecule has 0 aliphatic heterocycles. The van der Waals surface area contributed by atoms with E-state index in [-0.39, 0.29) is 16.8 Å². The van der Waals surface area contributed by atoms with Crippen LogP contribution in [0.5, 0.6) is 0 Å². The maximum atomic E-state index is 12.3. The molecule has 0 aliphatic carbocycles. The van der Waals surface area contributed by atoms with Gasteiger partial charge in [-0.1, -0.05) is 12.1 Å². The maximum absolute atomic E-state index is 12.3. The predicted octanol–water partition coefficient (Wildman–Crippen LogP) is 1.99. The molecule has 0 saturated carbocycles. The number of aryl methyl sites for hydroxylation is 2. The SMILES string of the molecule is Cc1cc(C(=O)Nc2cccc(-c3nc(C)cc(=O)[nH]3)c2)[nH]c(=O)c1. The third-order valence-corrected chi connectivity index (χ3v) is 3.50. The number of H-pyrrole nitrogens is 2. The van der Waals surface area contributed by atoms with Crippen molar-refractivity contribution in [2.24, 2.45) is 0 Å². The predicted molar refractivity (Wildman–Crippen MR) is 94.8 cm³/mol. The van der Waals surface area contributed by atoms with Crippen LogP contribution in [-0.4, -0.2) is 20.9 Å². The molecule has 7 nitrogen and oxygen atoms in total. The Balaban J connectivity index is 1.90. The summed E-state index contributed by atoms with van der Waals surface area (Å²) in [6.45, 7) is 3.48. The van der Waals surface area contributed by atoms with E-state index in [1.165, 1.54) is 12.1 Å². The van der Waals surface area contributed by atoms with Crippen molar-refractivity contribution in [2.75, 3.05) is 5.32 Å². The molecule has 1 aromatic carbocycles. The van der Waals surface area contributed by atoms with Crippen LogP contribution in [-0.2, 0) is 0 Å². The Labute approximate surface area is 142 Å². The third-order valence-electron chi connectivity index (χ3n) is 3.50. The number of anilines is 1. The smallest absolute Gasteiger partial charge is 0.272 e. The normalized spacial score (nSPS) is 10.5. The van der Waals surface area contributed by atoms with Crippen LogP contribution in [0.1, 0.15) is 21.7 Å². The van der Waals surface area contributed by atoms with Crippen molar-refractivity contribution < 1.29 is 4.79 Å². The highest BCUT2D eigenvalue weighted by Crippen LogP contribution is 2.19. The van der Waals surface area contributed by atoms with Crippen LogP contribution in [0.25, 0.3) is 11.4 Å². The standard InChI is InChI=1S/C18H16N4O3/c1-10-6-14(21-15(23)7-10)18(25)20-13-5-3-4-12(9-13)17-19-11(2)8-16(24)22-17/h3-9H,1-2H3,(H,20,25)(H,21,23)(H,19,22,24). The lowest BCUT2D eigenvalue weighted by Crippen LogP contribution is -2.18. The lowest BCUT2D eigenvalue weighted by atomic mass is 10.1. The summed E-state index contributed by atoms with van der Waals surface area (Å²) in [7, 11) is 0. The van der Waals surface area contributed by atoms with Crippen LogP contribution in [0.2, 0.25) is 0 Å². The molecule has 3 N–H and O–H groups in total. The van der Waals surface area contributed by atoms with Gasteiger partial charge in [0.25, 0.3) is 11.5 Å². The minimum Gasteiger partial charge on any atom is -0.321 e. The Morgan fingerprint density at radius 3 is 2.48 bits per heavy atom. The number of pyridine rings is 1. The van der Waals surface area contributed by atoms with E-state index < -0.39 is 5.91 Å². The van der Waals surface area contributed by atoms with Crippen molar-refractivity contribution in [2.45, 2.75) is 13.8 Å². The number of hydrogen-bond donors (Lipinski definition) is 3. The second-order valence-corrected chi connectivity index (χ2v) is 5.71. The van der Waals surface area contributed by atoms with E-state index in [1.54, 1.807) is 44.2 Å². The second-order valence-electron chi connectivity index (χ2n) is 5.71. The van der Waals surface area contributed by atoms with E-state index in [0.29, 0.717) is 28.3 Å². The summed E-state index contributed by atoms with van der Waals surface area (Å²) in [5, 5.41) is 2.72. The van der Waals surface area contributed by atoms with Gasteiger partial charge in [-0.05, 0) is 37.6 Å². The van der Waals surface area contributed by atoms with Crippen molar-refractivity contribution in [1.29, 1.82) is 0 Å². The topological polar surface area (TPSA) is 108 Å². The van der Waals surface area contributed by atoms with Crippen LogP contribution < -0.4 is 16.4 Å². The van der Waals surface area contributed by atoms with E-state index in [9.17, 15) is 14.4 Å². The molecule has 25 heavy (non-hydrogen) atoms. The highest BCUT2D eigenvalue weighted by molar-refractivity contribution is 6.03. The number of nitrogens with zero attached hydrogens (tertiary/aromatic N) is 1. The van der Waals surface area contributed by atoms with Crippen molar-refractivity contribution in [3.05, 3.63) is 80.1 Å². The second kappa shape index (κ2) is 6.56. The molecule has 2 aromatic heterocycles. The fourth-order valence-corrected chi connectivity index (χ4v) is 2.46. The van der Waals surface area contributed by atoms with Crippen LogP contribution in [0.15, 0.2) is 52.1 Å².